The van der Waals surface area contributed by atoms with Gasteiger partial charge in [-0.05, 0) is 45.0 Å². The quantitative estimate of drug-likeness (QED) is 0.922. The lowest BCUT2D eigenvalue weighted by atomic mass is 10.1. The number of benzene rings is 1. The van der Waals surface area contributed by atoms with Crippen LogP contribution in [0.15, 0.2) is 29.1 Å². The van der Waals surface area contributed by atoms with Gasteiger partial charge in [-0.3, -0.25) is 9.78 Å². The van der Waals surface area contributed by atoms with Crippen LogP contribution in [0.25, 0.3) is 10.9 Å². The molecular weight excluding hydrogens is 254 g/mol. The number of hydrogen-bond donors (Lipinski definition) is 1. The Bertz CT molecular complexity index is 653. The van der Waals surface area contributed by atoms with E-state index in [0.717, 1.165) is 13.0 Å². The van der Waals surface area contributed by atoms with Gasteiger partial charge in [0.25, 0.3) is 11.6 Å². The van der Waals surface area contributed by atoms with Gasteiger partial charge in [0.15, 0.2) is 0 Å². The van der Waals surface area contributed by atoms with Crippen molar-refractivity contribution < 1.29 is 4.74 Å². The fraction of sp³-hybridized carbons (Fsp3) is 0.467. The third-order valence-corrected chi connectivity index (χ3v) is 3.95. The molecule has 1 fully saturated rings. The van der Waals surface area contributed by atoms with Crippen LogP contribution in [0.4, 0.5) is 0 Å². The van der Waals surface area contributed by atoms with E-state index < -0.39 is 0 Å². The number of para-hydroxylation sites is 1. The fourth-order valence-electron chi connectivity index (χ4n) is 2.77. The standard InChI is InChI=1S/C15H19N3O2/c1-18-9-4-5-11(18)8-10-20-15-16-13-7-3-2-6-12(13)14(19)17-15/h2-3,6-7,11H,4-5,8-10H2,1H3,(H,16,17,19). The molecule has 0 spiro atoms. The summed E-state index contributed by atoms with van der Waals surface area (Å²) in [7, 11) is 2.15. The molecule has 1 aliphatic rings. The smallest absolute Gasteiger partial charge is 0.297 e. The highest BCUT2D eigenvalue weighted by molar-refractivity contribution is 5.77. The number of aromatic nitrogens is 2. The number of nitrogens with zero attached hydrogens (tertiary/aromatic N) is 2. The molecule has 1 N–H and O–H groups in total. The summed E-state index contributed by atoms with van der Waals surface area (Å²) in [6.45, 7) is 1.74. The van der Waals surface area contributed by atoms with Crippen LogP contribution in [0.2, 0.25) is 0 Å². The first-order valence-electron chi connectivity index (χ1n) is 7.06. The van der Waals surface area contributed by atoms with Gasteiger partial charge in [0, 0.05) is 6.04 Å². The average molecular weight is 273 g/mol. The number of ether oxygens (including phenoxy) is 1. The van der Waals surface area contributed by atoms with E-state index in [1.807, 2.05) is 18.2 Å². The topological polar surface area (TPSA) is 58.2 Å². The minimum absolute atomic E-state index is 0.149. The molecule has 1 atom stereocenters. The number of likely N-dealkylation sites (tertiary alicyclic amines) is 1. The maximum Gasteiger partial charge on any atom is 0.297 e. The number of rotatable bonds is 4. The summed E-state index contributed by atoms with van der Waals surface area (Å²) >= 11 is 0. The molecule has 106 valence electrons. The summed E-state index contributed by atoms with van der Waals surface area (Å²) in [4.78, 5) is 21.3. The third-order valence-electron chi connectivity index (χ3n) is 3.95. The lowest BCUT2D eigenvalue weighted by molar-refractivity contribution is 0.223. The van der Waals surface area contributed by atoms with E-state index in [2.05, 4.69) is 21.9 Å². The van der Waals surface area contributed by atoms with Crippen molar-refractivity contribution in [3.8, 4) is 6.01 Å². The molecule has 1 unspecified atom stereocenters. The van der Waals surface area contributed by atoms with E-state index >= 15 is 0 Å². The van der Waals surface area contributed by atoms with Crippen molar-refractivity contribution in [3.63, 3.8) is 0 Å². The molecule has 0 bridgehead atoms. The van der Waals surface area contributed by atoms with E-state index in [-0.39, 0.29) is 5.56 Å². The van der Waals surface area contributed by atoms with Gasteiger partial charge < -0.3 is 9.64 Å². The van der Waals surface area contributed by atoms with Crippen molar-refractivity contribution in [2.24, 2.45) is 0 Å². The van der Waals surface area contributed by atoms with Gasteiger partial charge in [-0.1, -0.05) is 12.1 Å². The number of nitrogens with one attached hydrogen (secondary N) is 1. The molecule has 0 amide bonds. The minimum Gasteiger partial charge on any atom is -0.465 e. The Hall–Kier alpha value is -1.88. The van der Waals surface area contributed by atoms with E-state index in [1.54, 1.807) is 6.07 Å². The molecular formula is C15H19N3O2. The van der Waals surface area contributed by atoms with Gasteiger partial charge in [-0.15, -0.1) is 0 Å². The first-order chi connectivity index (χ1) is 9.74. The maximum absolute atomic E-state index is 11.9. The summed E-state index contributed by atoms with van der Waals surface area (Å²) in [6, 6.07) is 8.18. The normalized spacial score (nSPS) is 19.6. The molecule has 2 heterocycles. The Labute approximate surface area is 117 Å². The first-order valence-corrected chi connectivity index (χ1v) is 7.06. The summed E-state index contributed by atoms with van der Waals surface area (Å²) in [5, 5.41) is 0.593. The number of fused-ring (bicyclic) bond motifs is 1. The van der Waals surface area contributed by atoms with Crippen LogP contribution in [-0.2, 0) is 0 Å². The van der Waals surface area contributed by atoms with Crippen molar-refractivity contribution in [1.29, 1.82) is 0 Å². The predicted molar refractivity (Wildman–Crippen MR) is 78.1 cm³/mol. The van der Waals surface area contributed by atoms with Crippen LogP contribution in [0, 0.1) is 0 Å². The van der Waals surface area contributed by atoms with Crippen molar-refractivity contribution >= 4 is 10.9 Å². The highest BCUT2D eigenvalue weighted by atomic mass is 16.5. The van der Waals surface area contributed by atoms with Crippen LogP contribution in [-0.4, -0.2) is 41.1 Å². The SMILES string of the molecule is CN1CCCC1CCOc1nc2ccccc2c(=O)[nH]1. The van der Waals surface area contributed by atoms with Crippen LogP contribution in [0.5, 0.6) is 6.01 Å². The van der Waals surface area contributed by atoms with Crippen LogP contribution in [0.1, 0.15) is 19.3 Å². The van der Waals surface area contributed by atoms with Gasteiger partial charge in [0.1, 0.15) is 0 Å². The largest absolute Gasteiger partial charge is 0.465 e. The molecule has 1 aromatic heterocycles. The molecule has 3 rings (SSSR count). The van der Waals surface area contributed by atoms with Crippen LogP contribution >= 0.6 is 0 Å². The average Bonchev–Trinajstić information content (AvgIpc) is 2.85. The summed E-state index contributed by atoms with van der Waals surface area (Å²) in [5.74, 6) is 0. The minimum atomic E-state index is -0.149. The maximum atomic E-state index is 11.9. The Morgan fingerprint density at radius 2 is 2.30 bits per heavy atom. The van der Waals surface area contributed by atoms with Crippen molar-refractivity contribution in [1.82, 2.24) is 14.9 Å². The molecule has 0 saturated carbocycles. The van der Waals surface area contributed by atoms with Crippen molar-refractivity contribution in [2.45, 2.75) is 25.3 Å². The van der Waals surface area contributed by atoms with Crippen molar-refractivity contribution in [2.75, 3.05) is 20.2 Å². The van der Waals surface area contributed by atoms with Crippen molar-refractivity contribution in [3.05, 3.63) is 34.6 Å². The molecule has 1 aromatic carbocycles. The third kappa shape index (κ3) is 2.67. The van der Waals surface area contributed by atoms with Crippen LogP contribution in [0.3, 0.4) is 0 Å². The second kappa shape index (κ2) is 5.63. The molecule has 5 heteroatoms. The Kier molecular flexibility index (Phi) is 3.69. The number of hydrogen-bond acceptors (Lipinski definition) is 4. The van der Waals surface area contributed by atoms with Crippen LogP contribution < -0.4 is 10.3 Å². The highest BCUT2D eigenvalue weighted by Crippen LogP contribution is 2.18. The zero-order chi connectivity index (χ0) is 13.9. The molecule has 1 aliphatic heterocycles. The summed E-state index contributed by atoms with van der Waals surface area (Å²) in [6.07, 6.45) is 3.45. The van der Waals surface area contributed by atoms with Gasteiger partial charge >= 0.3 is 0 Å². The summed E-state index contributed by atoms with van der Waals surface area (Å²) < 4.78 is 5.61. The highest BCUT2D eigenvalue weighted by Gasteiger charge is 2.20. The molecule has 20 heavy (non-hydrogen) atoms. The zero-order valence-electron chi connectivity index (χ0n) is 11.6. The molecule has 1 saturated heterocycles. The lowest BCUT2D eigenvalue weighted by Gasteiger charge is -2.18. The predicted octanol–water partition coefficient (Wildman–Crippen LogP) is 1.79. The second-order valence-corrected chi connectivity index (χ2v) is 5.30. The first kappa shape index (κ1) is 13.1. The Morgan fingerprint density at radius 1 is 1.45 bits per heavy atom. The number of H-pyrrole nitrogens is 1. The van der Waals surface area contributed by atoms with E-state index in [1.165, 1.54) is 12.8 Å². The van der Waals surface area contributed by atoms with Gasteiger partial charge in [-0.25, -0.2) is 0 Å². The van der Waals surface area contributed by atoms with E-state index in [4.69, 9.17) is 4.74 Å². The monoisotopic (exact) mass is 273 g/mol. The Morgan fingerprint density at radius 3 is 3.10 bits per heavy atom. The molecule has 2 aromatic rings. The van der Waals surface area contributed by atoms with Gasteiger partial charge in [-0.2, -0.15) is 4.98 Å². The van der Waals surface area contributed by atoms with E-state index in [0.29, 0.717) is 29.6 Å². The molecule has 0 aliphatic carbocycles. The Balaban J connectivity index is 1.67. The summed E-state index contributed by atoms with van der Waals surface area (Å²) in [5.41, 5.74) is 0.521. The number of aromatic amines is 1. The zero-order valence-corrected chi connectivity index (χ0v) is 11.6. The lowest BCUT2D eigenvalue weighted by Crippen LogP contribution is -2.26. The fourth-order valence-corrected chi connectivity index (χ4v) is 2.77. The molecule has 5 nitrogen and oxygen atoms in total. The van der Waals surface area contributed by atoms with Gasteiger partial charge in [0.05, 0.1) is 17.5 Å². The van der Waals surface area contributed by atoms with Gasteiger partial charge in [0.2, 0.25) is 0 Å². The van der Waals surface area contributed by atoms with E-state index in [9.17, 15) is 4.79 Å². The second-order valence-electron chi connectivity index (χ2n) is 5.30. The molecule has 0 radical (unpaired) electrons.